The third-order valence-electron chi connectivity index (χ3n) is 9.70. The van der Waals surface area contributed by atoms with Crippen LogP contribution >= 0.6 is 11.6 Å². The highest BCUT2D eigenvalue weighted by atomic mass is 35.5. The quantitative estimate of drug-likeness (QED) is 0.119. The molecule has 0 amide bonds. The third kappa shape index (κ3) is 4.77. The van der Waals surface area contributed by atoms with Crippen molar-refractivity contribution in [1.82, 2.24) is 10.1 Å². The Labute approximate surface area is 285 Å². The van der Waals surface area contributed by atoms with E-state index in [1.54, 1.807) is 20.8 Å². The topological polar surface area (TPSA) is 121 Å². The van der Waals surface area contributed by atoms with Crippen LogP contribution in [0.3, 0.4) is 0 Å². The number of benzene rings is 3. The maximum Gasteiger partial charge on any atom is 0.514 e. The zero-order valence-electron chi connectivity index (χ0n) is 27.4. The number of aromatic nitrogens is 1. The highest BCUT2D eigenvalue weighted by molar-refractivity contribution is 6.38. The number of fused-ring (bicyclic) bond motifs is 4. The minimum atomic E-state index is -1.43. The Morgan fingerprint density at radius 2 is 1.86 bits per heavy atom. The second-order valence-electron chi connectivity index (χ2n) is 14.1. The molecule has 4 aromatic rings. The van der Waals surface area contributed by atoms with Crippen molar-refractivity contribution >= 4 is 40.1 Å². The first kappa shape index (κ1) is 31.5. The van der Waals surface area contributed by atoms with Crippen LogP contribution < -0.4 is 9.47 Å². The molecule has 1 aromatic heterocycles. The summed E-state index contributed by atoms with van der Waals surface area (Å²) in [6.45, 7) is 5.19. The number of rotatable bonds is 5. The molecule has 3 aliphatic carbocycles. The molecule has 1 aliphatic heterocycles. The van der Waals surface area contributed by atoms with Crippen molar-refractivity contribution in [2.45, 2.75) is 57.5 Å². The van der Waals surface area contributed by atoms with E-state index in [1.165, 1.54) is 18.2 Å². The lowest BCUT2D eigenvalue weighted by atomic mass is 9.61. The SMILES string of the molecule is CN(C)[C@@H]1c2onc(OCc3ccccc3)c2C(=O)[C@@]23OC2=C2C(=O)c4c(c(Cl)c5ccc(F)cc5c4OC(=O)OC(C)(C)C)CC2C[C@@H]13. The molecular weight excluding hydrogens is 655 g/mol. The number of carbonyl (C=O) groups excluding carboxylic acids is 3. The van der Waals surface area contributed by atoms with E-state index >= 15 is 0 Å². The fraction of sp³-hybridized carbons (Fsp3) is 0.351. The van der Waals surface area contributed by atoms with Crippen LogP contribution in [0, 0.1) is 17.7 Å². The van der Waals surface area contributed by atoms with Gasteiger partial charge in [0.15, 0.2) is 23.1 Å². The van der Waals surface area contributed by atoms with Gasteiger partial charge in [0, 0.05) is 22.3 Å². The van der Waals surface area contributed by atoms with E-state index in [1.807, 2.05) is 49.3 Å². The van der Waals surface area contributed by atoms with Gasteiger partial charge in [-0.05, 0) is 88.1 Å². The van der Waals surface area contributed by atoms with Crippen LogP contribution in [0.4, 0.5) is 9.18 Å². The summed E-state index contributed by atoms with van der Waals surface area (Å²) in [7, 11) is 3.77. The molecule has 252 valence electrons. The fourth-order valence-electron chi connectivity index (χ4n) is 7.75. The van der Waals surface area contributed by atoms with Gasteiger partial charge in [0.05, 0.1) is 16.6 Å². The van der Waals surface area contributed by atoms with Gasteiger partial charge in [0.1, 0.15) is 23.6 Å². The molecule has 1 fully saturated rings. The molecule has 10 nitrogen and oxygen atoms in total. The van der Waals surface area contributed by atoms with Crippen LogP contribution in [0.2, 0.25) is 5.02 Å². The summed E-state index contributed by atoms with van der Waals surface area (Å²) in [5.41, 5.74) is -0.476. The number of ketones is 2. The normalized spacial score (nSPS) is 23.6. The van der Waals surface area contributed by atoms with Crippen LogP contribution in [0.5, 0.6) is 11.6 Å². The van der Waals surface area contributed by atoms with Gasteiger partial charge in [-0.3, -0.25) is 14.5 Å². The molecule has 1 unspecified atom stereocenters. The third-order valence-corrected chi connectivity index (χ3v) is 10.1. The summed E-state index contributed by atoms with van der Waals surface area (Å²) in [6, 6.07) is 13.0. The van der Waals surface area contributed by atoms with Crippen molar-refractivity contribution in [2.75, 3.05) is 14.1 Å². The molecule has 0 N–H and O–H groups in total. The van der Waals surface area contributed by atoms with Gasteiger partial charge < -0.3 is 23.5 Å². The van der Waals surface area contributed by atoms with Crippen LogP contribution in [0.15, 0.2) is 64.4 Å². The molecule has 0 radical (unpaired) electrons. The number of nitrogens with zero attached hydrogens (tertiary/aromatic N) is 2. The number of epoxide rings is 1. The Kier molecular flexibility index (Phi) is 7.00. The van der Waals surface area contributed by atoms with Crippen LogP contribution in [0.25, 0.3) is 10.8 Å². The van der Waals surface area contributed by atoms with Gasteiger partial charge in [0.25, 0.3) is 5.88 Å². The molecule has 3 aromatic carbocycles. The van der Waals surface area contributed by atoms with E-state index < -0.39 is 46.7 Å². The Bertz CT molecular complexity index is 2140. The molecule has 1 saturated heterocycles. The van der Waals surface area contributed by atoms with Gasteiger partial charge in [0.2, 0.25) is 11.4 Å². The Hall–Kier alpha value is -4.74. The molecule has 1 spiro atoms. The van der Waals surface area contributed by atoms with E-state index in [2.05, 4.69) is 5.16 Å². The molecule has 0 bridgehead atoms. The van der Waals surface area contributed by atoms with Crippen molar-refractivity contribution in [1.29, 1.82) is 0 Å². The number of ether oxygens (including phenoxy) is 4. The highest BCUT2D eigenvalue weighted by Gasteiger charge is 2.75. The number of hydrogen-bond acceptors (Lipinski definition) is 10. The minimum absolute atomic E-state index is 0.0155. The number of hydrogen-bond donors (Lipinski definition) is 0. The lowest BCUT2D eigenvalue weighted by Crippen LogP contribution is -2.49. The van der Waals surface area contributed by atoms with Crippen LogP contribution in [-0.2, 0) is 22.5 Å². The van der Waals surface area contributed by atoms with Crippen molar-refractivity contribution < 1.29 is 42.2 Å². The van der Waals surface area contributed by atoms with Gasteiger partial charge >= 0.3 is 6.16 Å². The van der Waals surface area contributed by atoms with E-state index in [0.717, 1.165) is 5.56 Å². The zero-order chi connectivity index (χ0) is 34.6. The molecule has 4 aliphatic rings. The Morgan fingerprint density at radius 3 is 2.57 bits per heavy atom. The molecule has 4 atom stereocenters. The summed E-state index contributed by atoms with van der Waals surface area (Å²) in [5.74, 6) is -1.75. The van der Waals surface area contributed by atoms with Crippen molar-refractivity contribution in [3.63, 3.8) is 0 Å². The van der Waals surface area contributed by atoms with Crippen LogP contribution in [-0.4, -0.2) is 53.1 Å². The molecule has 49 heavy (non-hydrogen) atoms. The fourth-order valence-corrected chi connectivity index (χ4v) is 8.09. The molecule has 0 saturated carbocycles. The predicted octanol–water partition coefficient (Wildman–Crippen LogP) is 7.41. The second kappa shape index (κ2) is 10.9. The van der Waals surface area contributed by atoms with E-state index in [0.29, 0.717) is 28.7 Å². The van der Waals surface area contributed by atoms with E-state index in [-0.39, 0.29) is 57.9 Å². The van der Waals surface area contributed by atoms with Crippen molar-refractivity contribution in [3.8, 4) is 11.6 Å². The predicted molar refractivity (Wildman–Crippen MR) is 174 cm³/mol. The molecule has 2 heterocycles. The minimum Gasteiger partial charge on any atom is -0.470 e. The lowest BCUT2D eigenvalue weighted by molar-refractivity contribution is 0.0208. The highest BCUT2D eigenvalue weighted by Crippen LogP contribution is 2.66. The maximum atomic E-state index is 14.7. The maximum absolute atomic E-state index is 14.7. The molecule has 12 heteroatoms. The van der Waals surface area contributed by atoms with Crippen molar-refractivity contribution in [3.05, 3.63) is 98.7 Å². The Balaban J connectivity index is 1.25. The number of Topliss-reactive ketones (excluding diaryl/α,β-unsaturated/α-hetero) is 2. The summed E-state index contributed by atoms with van der Waals surface area (Å²) < 4.78 is 43.9. The Morgan fingerprint density at radius 1 is 1.10 bits per heavy atom. The summed E-state index contributed by atoms with van der Waals surface area (Å²) in [6.07, 6.45) is -0.383. The smallest absolute Gasteiger partial charge is 0.470 e. The van der Waals surface area contributed by atoms with Gasteiger partial charge in [-0.1, -0.05) is 41.9 Å². The largest absolute Gasteiger partial charge is 0.514 e. The average molecular weight is 687 g/mol. The van der Waals surface area contributed by atoms with Crippen LogP contribution in [0.1, 0.15) is 70.8 Å². The second-order valence-corrected chi connectivity index (χ2v) is 14.5. The molecular formula is C37H32ClFN2O8. The summed E-state index contributed by atoms with van der Waals surface area (Å²) in [4.78, 5) is 44.1. The number of halogens is 2. The van der Waals surface area contributed by atoms with Crippen molar-refractivity contribution in [2.24, 2.45) is 11.8 Å². The number of carbonyl (C=O) groups is 3. The summed E-state index contributed by atoms with van der Waals surface area (Å²) in [5, 5.41) is 4.99. The van der Waals surface area contributed by atoms with E-state index in [4.69, 9.17) is 35.1 Å². The van der Waals surface area contributed by atoms with Gasteiger partial charge in [-0.25, -0.2) is 9.18 Å². The average Bonchev–Trinajstić information content (AvgIpc) is 3.66. The van der Waals surface area contributed by atoms with E-state index in [9.17, 15) is 18.8 Å². The molecule has 8 rings (SSSR count). The zero-order valence-corrected chi connectivity index (χ0v) is 28.1. The monoisotopic (exact) mass is 686 g/mol. The first-order valence-electron chi connectivity index (χ1n) is 16.0. The standard InChI is InChI=1S/C37H32ClFN2O8/c1-36(2,3)48-35(44)46-30-21-15-19(39)11-12-20(21)27(38)22-13-18-14-23-28(41(4)5)31-26(34(40-49-31)45-16-17-9-7-6-8-10-17)32(43)37(23)33(47-37)24(18)29(42)25(22)30/h6-12,15,18,23,28H,13-14,16H2,1-5H3/t18?,23-,28-,37+/m0/s1. The lowest BCUT2D eigenvalue weighted by Gasteiger charge is -2.41. The van der Waals surface area contributed by atoms with Gasteiger partial charge in [-0.15, -0.1) is 0 Å². The summed E-state index contributed by atoms with van der Waals surface area (Å²) >= 11 is 6.96. The number of allylic oxidation sites excluding steroid dienone is 1. The van der Waals surface area contributed by atoms with Gasteiger partial charge in [-0.2, -0.15) is 0 Å². The first-order chi connectivity index (χ1) is 23.3. The first-order valence-corrected chi connectivity index (χ1v) is 16.4.